The molecule has 1 saturated heterocycles. The summed E-state index contributed by atoms with van der Waals surface area (Å²) >= 11 is 0. The molecule has 0 spiro atoms. The van der Waals surface area contributed by atoms with Crippen LogP contribution < -0.4 is 0 Å². The van der Waals surface area contributed by atoms with Gasteiger partial charge in [-0.25, -0.2) is 0 Å². The highest BCUT2D eigenvalue weighted by atomic mass is 16.5. The second kappa shape index (κ2) is 7.30. The molecule has 0 N–H and O–H groups in total. The fraction of sp³-hybridized carbons (Fsp3) is 0.350. The third-order valence-corrected chi connectivity index (χ3v) is 4.34. The fourth-order valence-corrected chi connectivity index (χ4v) is 3.18. The standard InChI is InChI=1S/C20H21NO2/c1-2-12-23-15-16-6-5-11-21(14-16)20(22)19-10-9-17-7-3-4-8-18(17)13-19/h1,3-4,7-10,13,16H,5-6,11-12,14-15H2. The highest BCUT2D eigenvalue weighted by Crippen LogP contribution is 2.21. The molecule has 1 fully saturated rings. The van der Waals surface area contributed by atoms with Crippen LogP contribution in [0.3, 0.4) is 0 Å². The minimum atomic E-state index is 0.109. The summed E-state index contributed by atoms with van der Waals surface area (Å²) in [6, 6.07) is 14.0. The van der Waals surface area contributed by atoms with Crippen molar-refractivity contribution in [3.8, 4) is 12.3 Å². The van der Waals surface area contributed by atoms with Gasteiger partial charge < -0.3 is 9.64 Å². The molecular weight excluding hydrogens is 286 g/mol. The van der Waals surface area contributed by atoms with Crippen molar-refractivity contribution in [2.75, 3.05) is 26.3 Å². The summed E-state index contributed by atoms with van der Waals surface area (Å²) in [6.45, 7) is 2.54. The quantitative estimate of drug-likeness (QED) is 0.640. The van der Waals surface area contributed by atoms with Gasteiger partial charge in [-0.1, -0.05) is 36.3 Å². The number of carbonyl (C=O) groups is 1. The molecule has 1 amide bonds. The molecule has 1 atom stereocenters. The van der Waals surface area contributed by atoms with Crippen LogP contribution in [0.2, 0.25) is 0 Å². The molecule has 0 saturated carbocycles. The normalized spacial score (nSPS) is 17.9. The summed E-state index contributed by atoms with van der Waals surface area (Å²) < 4.78 is 5.44. The fourth-order valence-electron chi connectivity index (χ4n) is 3.18. The Labute approximate surface area is 137 Å². The third-order valence-electron chi connectivity index (χ3n) is 4.34. The molecule has 0 bridgehead atoms. The zero-order chi connectivity index (χ0) is 16.1. The van der Waals surface area contributed by atoms with E-state index in [1.54, 1.807) is 0 Å². The van der Waals surface area contributed by atoms with E-state index < -0.39 is 0 Å². The maximum atomic E-state index is 12.8. The summed E-state index contributed by atoms with van der Waals surface area (Å²) in [5.74, 6) is 2.97. The molecule has 118 valence electrons. The summed E-state index contributed by atoms with van der Waals surface area (Å²) in [6.07, 6.45) is 7.31. The van der Waals surface area contributed by atoms with Crippen molar-refractivity contribution in [1.29, 1.82) is 0 Å². The van der Waals surface area contributed by atoms with Gasteiger partial charge in [0.1, 0.15) is 6.61 Å². The number of hydrogen-bond acceptors (Lipinski definition) is 2. The predicted octanol–water partition coefficient (Wildman–Crippen LogP) is 3.34. The average Bonchev–Trinajstić information content (AvgIpc) is 2.61. The summed E-state index contributed by atoms with van der Waals surface area (Å²) in [7, 11) is 0. The van der Waals surface area contributed by atoms with E-state index in [0.29, 0.717) is 19.1 Å². The number of amides is 1. The minimum absolute atomic E-state index is 0.109. The molecule has 0 radical (unpaired) electrons. The lowest BCUT2D eigenvalue weighted by Gasteiger charge is -2.32. The van der Waals surface area contributed by atoms with E-state index in [2.05, 4.69) is 12.0 Å². The Kier molecular flexibility index (Phi) is 4.95. The molecule has 1 aliphatic rings. The number of likely N-dealkylation sites (tertiary alicyclic amines) is 1. The molecule has 2 aromatic rings. The van der Waals surface area contributed by atoms with Gasteiger partial charge in [-0.15, -0.1) is 6.42 Å². The van der Waals surface area contributed by atoms with Gasteiger partial charge in [0.05, 0.1) is 6.61 Å². The number of terminal acetylenes is 1. The van der Waals surface area contributed by atoms with E-state index in [4.69, 9.17) is 11.2 Å². The van der Waals surface area contributed by atoms with Crippen LogP contribution in [-0.4, -0.2) is 37.1 Å². The summed E-state index contributed by atoms with van der Waals surface area (Å²) in [5.41, 5.74) is 0.758. The summed E-state index contributed by atoms with van der Waals surface area (Å²) in [4.78, 5) is 14.7. The number of benzene rings is 2. The molecule has 0 aromatic heterocycles. The predicted molar refractivity (Wildman–Crippen MR) is 92.2 cm³/mol. The SMILES string of the molecule is C#CCOCC1CCCN(C(=O)c2ccc3ccccc3c2)C1. The highest BCUT2D eigenvalue weighted by Gasteiger charge is 2.24. The molecule has 0 aliphatic carbocycles. The first-order chi connectivity index (χ1) is 11.3. The Morgan fingerprint density at radius 3 is 2.91 bits per heavy atom. The van der Waals surface area contributed by atoms with Gasteiger partial charge in [0.2, 0.25) is 0 Å². The second-order valence-corrected chi connectivity index (χ2v) is 6.04. The van der Waals surface area contributed by atoms with E-state index in [9.17, 15) is 4.79 Å². The Bertz CT molecular complexity index is 732. The molecule has 1 unspecified atom stereocenters. The first-order valence-corrected chi connectivity index (χ1v) is 8.07. The molecule has 1 heterocycles. The van der Waals surface area contributed by atoms with E-state index in [-0.39, 0.29) is 5.91 Å². The van der Waals surface area contributed by atoms with Crippen LogP contribution in [0.4, 0.5) is 0 Å². The molecule has 3 heteroatoms. The zero-order valence-corrected chi connectivity index (χ0v) is 13.2. The van der Waals surface area contributed by atoms with E-state index in [1.165, 1.54) is 0 Å². The lowest BCUT2D eigenvalue weighted by atomic mass is 9.98. The lowest BCUT2D eigenvalue weighted by molar-refractivity contribution is 0.0534. The van der Waals surface area contributed by atoms with Gasteiger partial charge in [-0.2, -0.15) is 0 Å². The van der Waals surface area contributed by atoms with E-state index >= 15 is 0 Å². The molecule has 23 heavy (non-hydrogen) atoms. The van der Waals surface area contributed by atoms with Gasteiger partial charge in [-0.3, -0.25) is 4.79 Å². The Morgan fingerprint density at radius 1 is 1.26 bits per heavy atom. The van der Waals surface area contributed by atoms with Crippen molar-refractivity contribution < 1.29 is 9.53 Å². The van der Waals surface area contributed by atoms with Crippen molar-refractivity contribution in [1.82, 2.24) is 4.90 Å². The maximum Gasteiger partial charge on any atom is 0.253 e. The summed E-state index contributed by atoms with van der Waals surface area (Å²) in [5, 5.41) is 2.26. The Hall–Kier alpha value is -2.31. The number of carbonyl (C=O) groups excluding carboxylic acids is 1. The minimum Gasteiger partial charge on any atom is -0.368 e. The number of fused-ring (bicyclic) bond motifs is 1. The van der Waals surface area contributed by atoms with Crippen molar-refractivity contribution in [2.45, 2.75) is 12.8 Å². The number of nitrogens with zero attached hydrogens (tertiary/aromatic N) is 1. The van der Waals surface area contributed by atoms with Gasteiger partial charge in [0, 0.05) is 24.6 Å². The van der Waals surface area contributed by atoms with E-state index in [0.717, 1.165) is 42.3 Å². The first-order valence-electron chi connectivity index (χ1n) is 8.07. The van der Waals surface area contributed by atoms with Crippen LogP contribution in [0.25, 0.3) is 10.8 Å². The second-order valence-electron chi connectivity index (χ2n) is 6.04. The van der Waals surface area contributed by atoms with Crippen molar-refractivity contribution >= 4 is 16.7 Å². The van der Waals surface area contributed by atoms with Crippen LogP contribution in [-0.2, 0) is 4.74 Å². The van der Waals surface area contributed by atoms with Gasteiger partial charge in [-0.05, 0) is 35.7 Å². The highest BCUT2D eigenvalue weighted by molar-refractivity contribution is 5.98. The molecule has 3 rings (SSSR count). The van der Waals surface area contributed by atoms with Crippen molar-refractivity contribution in [2.24, 2.45) is 5.92 Å². The molecular formula is C20H21NO2. The lowest BCUT2D eigenvalue weighted by Crippen LogP contribution is -2.41. The smallest absolute Gasteiger partial charge is 0.253 e. The first kappa shape index (κ1) is 15.6. The number of piperidine rings is 1. The molecule has 2 aromatic carbocycles. The number of rotatable bonds is 4. The Balaban J connectivity index is 1.69. The largest absolute Gasteiger partial charge is 0.368 e. The molecule has 3 nitrogen and oxygen atoms in total. The van der Waals surface area contributed by atoms with Crippen LogP contribution in [0.15, 0.2) is 42.5 Å². The monoisotopic (exact) mass is 307 g/mol. The third kappa shape index (κ3) is 3.72. The van der Waals surface area contributed by atoms with Crippen molar-refractivity contribution in [3.63, 3.8) is 0 Å². The van der Waals surface area contributed by atoms with Crippen LogP contribution in [0.5, 0.6) is 0 Å². The van der Waals surface area contributed by atoms with Crippen LogP contribution in [0.1, 0.15) is 23.2 Å². The zero-order valence-electron chi connectivity index (χ0n) is 13.2. The van der Waals surface area contributed by atoms with E-state index in [1.807, 2.05) is 41.3 Å². The van der Waals surface area contributed by atoms with Crippen LogP contribution >= 0.6 is 0 Å². The van der Waals surface area contributed by atoms with Gasteiger partial charge in [0.25, 0.3) is 5.91 Å². The number of ether oxygens (including phenoxy) is 1. The van der Waals surface area contributed by atoms with Gasteiger partial charge >= 0.3 is 0 Å². The van der Waals surface area contributed by atoms with Gasteiger partial charge in [0.15, 0.2) is 0 Å². The van der Waals surface area contributed by atoms with Crippen LogP contribution in [0, 0.1) is 18.3 Å². The average molecular weight is 307 g/mol. The number of hydrogen-bond donors (Lipinski definition) is 0. The molecule has 1 aliphatic heterocycles. The maximum absolute atomic E-state index is 12.8. The topological polar surface area (TPSA) is 29.5 Å². The Morgan fingerprint density at radius 2 is 2.09 bits per heavy atom. The van der Waals surface area contributed by atoms with Crippen molar-refractivity contribution in [3.05, 3.63) is 48.0 Å².